The van der Waals surface area contributed by atoms with Crippen molar-refractivity contribution in [2.24, 2.45) is 0 Å². The number of aliphatic hydroxyl groups is 1. The summed E-state index contributed by atoms with van der Waals surface area (Å²) in [5.41, 5.74) is 0.813. The van der Waals surface area contributed by atoms with Gasteiger partial charge in [-0.15, -0.1) is 0 Å². The number of fused-ring (bicyclic) bond motifs is 1. The lowest BCUT2D eigenvalue weighted by molar-refractivity contribution is 0.242. The summed E-state index contributed by atoms with van der Waals surface area (Å²) in [5.74, 6) is 1.71. The predicted octanol–water partition coefficient (Wildman–Crippen LogP) is 4.13. The van der Waals surface area contributed by atoms with E-state index in [0.29, 0.717) is 33.1 Å². The Bertz CT molecular complexity index is 681. The second-order valence-electron chi connectivity index (χ2n) is 4.19. The normalized spacial score (nSPS) is 13.6. The lowest BCUT2D eigenvalue weighted by Gasteiger charge is -2.23. The molecular formula is C15H10Cl2O3. The fraction of sp³-hybridized carbons (Fsp3) is 0.0667. The molecule has 5 heteroatoms. The molecule has 1 aliphatic rings. The molecule has 1 N–H and O–H groups in total. The van der Waals surface area contributed by atoms with Crippen molar-refractivity contribution in [2.75, 3.05) is 6.61 Å². The van der Waals surface area contributed by atoms with E-state index >= 15 is 0 Å². The summed E-state index contributed by atoms with van der Waals surface area (Å²) in [6.07, 6.45) is 0. The Balaban J connectivity index is 2.07. The third kappa shape index (κ3) is 2.36. The van der Waals surface area contributed by atoms with Crippen LogP contribution < -0.4 is 9.47 Å². The van der Waals surface area contributed by atoms with Crippen molar-refractivity contribution in [1.29, 1.82) is 0 Å². The van der Waals surface area contributed by atoms with Crippen LogP contribution in [0.25, 0.3) is 5.76 Å². The van der Waals surface area contributed by atoms with E-state index in [1.165, 1.54) is 0 Å². The minimum Gasteiger partial charge on any atom is -0.451 e. The van der Waals surface area contributed by atoms with Gasteiger partial charge in [-0.2, -0.15) is 0 Å². The minimum atomic E-state index is -0.274. The molecule has 0 saturated carbocycles. The van der Waals surface area contributed by atoms with Crippen LogP contribution in [0.5, 0.6) is 11.5 Å². The van der Waals surface area contributed by atoms with Crippen molar-refractivity contribution in [3.63, 3.8) is 0 Å². The fourth-order valence-corrected chi connectivity index (χ4v) is 2.24. The number of halogens is 2. The van der Waals surface area contributed by atoms with Crippen molar-refractivity contribution < 1.29 is 14.6 Å². The number of ether oxygens (including phenoxy) is 2. The first kappa shape index (κ1) is 13.3. The highest BCUT2D eigenvalue weighted by Gasteiger charge is 2.23. The van der Waals surface area contributed by atoms with Crippen molar-refractivity contribution >= 4 is 29.0 Å². The quantitative estimate of drug-likeness (QED) is 0.906. The molecule has 0 saturated heterocycles. The molecule has 1 aliphatic heterocycles. The Hall–Kier alpha value is -1.68. The summed E-state index contributed by atoms with van der Waals surface area (Å²) in [7, 11) is 0. The van der Waals surface area contributed by atoms with Crippen molar-refractivity contribution in [3.8, 4) is 11.5 Å². The number of hydrogen-bond acceptors (Lipinski definition) is 3. The topological polar surface area (TPSA) is 38.7 Å². The van der Waals surface area contributed by atoms with E-state index in [4.69, 9.17) is 32.7 Å². The zero-order valence-corrected chi connectivity index (χ0v) is 11.8. The summed E-state index contributed by atoms with van der Waals surface area (Å²) in [5, 5.41) is 10.2. The molecule has 20 heavy (non-hydrogen) atoms. The maximum atomic E-state index is 9.45. The molecule has 0 spiro atoms. The van der Waals surface area contributed by atoms with Gasteiger partial charge in [-0.25, -0.2) is 0 Å². The number of benzene rings is 2. The molecule has 0 bridgehead atoms. The second-order valence-corrected chi connectivity index (χ2v) is 5.01. The van der Waals surface area contributed by atoms with Crippen LogP contribution in [0.4, 0.5) is 0 Å². The molecule has 102 valence electrons. The zero-order valence-electron chi connectivity index (χ0n) is 10.3. The van der Waals surface area contributed by atoms with Crippen LogP contribution in [-0.2, 0) is 0 Å². The molecule has 3 rings (SSSR count). The van der Waals surface area contributed by atoms with Crippen LogP contribution in [-0.4, -0.2) is 11.7 Å². The first-order valence-electron chi connectivity index (χ1n) is 5.93. The Morgan fingerprint density at radius 2 is 1.50 bits per heavy atom. The van der Waals surface area contributed by atoms with E-state index in [2.05, 4.69) is 0 Å². The molecule has 2 aromatic rings. The van der Waals surface area contributed by atoms with E-state index in [0.717, 1.165) is 5.56 Å². The zero-order chi connectivity index (χ0) is 14.1. The van der Waals surface area contributed by atoms with Gasteiger partial charge in [-0.05, 0) is 0 Å². The average Bonchev–Trinajstić information content (AvgIpc) is 2.48. The summed E-state index contributed by atoms with van der Waals surface area (Å²) >= 11 is 11.9. The van der Waals surface area contributed by atoms with Gasteiger partial charge in [0.25, 0.3) is 0 Å². The number of aliphatic hydroxyl groups excluding tert-OH is 1. The van der Waals surface area contributed by atoms with Gasteiger partial charge in [0.05, 0.1) is 10.0 Å². The van der Waals surface area contributed by atoms with Gasteiger partial charge in [0.2, 0.25) is 0 Å². The molecule has 1 heterocycles. The van der Waals surface area contributed by atoms with Gasteiger partial charge < -0.3 is 14.6 Å². The van der Waals surface area contributed by atoms with Gasteiger partial charge in [-0.1, -0.05) is 53.5 Å². The molecule has 0 atom stereocenters. The van der Waals surface area contributed by atoms with E-state index < -0.39 is 0 Å². The highest BCUT2D eigenvalue weighted by atomic mass is 35.5. The molecule has 0 amide bonds. The molecule has 0 radical (unpaired) electrons. The molecule has 0 fully saturated rings. The monoisotopic (exact) mass is 308 g/mol. The molecule has 0 aliphatic carbocycles. The maximum Gasteiger partial charge on any atom is 0.175 e. The van der Waals surface area contributed by atoms with Crippen LogP contribution in [0.1, 0.15) is 5.56 Å². The van der Waals surface area contributed by atoms with Gasteiger partial charge in [0, 0.05) is 17.7 Å². The van der Waals surface area contributed by atoms with Gasteiger partial charge >= 0.3 is 0 Å². The highest BCUT2D eigenvalue weighted by Crippen LogP contribution is 2.42. The van der Waals surface area contributed by atoms with Crippen LogP contribution in [0.3, 0.4) is 0 Å². The van der Waals surface area contributed by atoms with Gasteiger partial charge in [0.15, 0.2) is 23.0 Å². The largest absolute Gasteiger partial charge is 0.451 e. The second kappa shape index (κ2) is 5.37. The lowest BCUT2D eigenvalue weighted by Crippen LogP contribution is -2.14. The number of hydrogen-bond donors (Lipinski definition) is 1. The summed E-state index contributed by atoms with van der Waals surface area (Å²) in [6, 6.07) is 12.6. The Morgan fingerprint density at radius 3 is 2.10 bits per heavy atom. The Kier molecular flexibility index (Phi) is 3.57. The Morgan fingerprint density at radius 1 is 0.900 bits per heavy atom. The smallest absolute Gasteiger partial charge is 0.175 e. The van der Waals surface area contributed by atoms with Crippen molar-refractivity contribution in [3.05, 3.63) is 63.8 Å². The third-order valence-corrected chi connectivity index (χ3v) is 3.59. The van der Waals surface area contributed by atoms with E-state index in [9.17, 15) is 5.11 Å². The van der Waals surface area contributed by atoms with Gasteiger partial charge in [0.1, 0.15) is 6.61 Å². The van der Waals surface area contributed by atoms with E-state index in [1.54, 1.807) is 12.1 Å². The summed E-state index contributed by atoms with van der Waals surface area (Å²) in [6.45, 7) is -0.274. The average molecular weight is 309 g/mol. The minimum absolute atomic E-state index is 0.274. The Labute approximate surface area is 126 Å². The van der Waals surface area contributed by atoms with Crippen LogP contribution >= 0.6 is 23.2 Å². The molecule has 0 unspecified atom stereocenters. The fourth-order valence-electron chi connectivity index (χ4n) is 1.93. The first-order valence-corrected chi connectivity index (χ1v) is 6.69. The lowest BCUT2D eigenvalue weighted by atomic mass is 10.1. The van der Waals surface area contributed by atoms with Crippen molar-refractivity contribution in [2.45, 2.75) is 0 Å². The first-order chi connectivity index (χ1) is 9.69. The summed E-state index contributed by atoms with van der Waals surface area (Å²) in [4.78, 5) is 0. The highest BCUT2D eigenvalue weighted by molar-refractivity contribution is 6.42. The van der Waals surface area contributed by atoms with Crippen LogP contribution in [0.15, 0.2) is 48.2 Å². The standard InChI is InChI=1S/C15H10Cl2O3/c16-10-6-12-13(7-11(10)17)20-15(14(8-18)19-12)9-4-2-1-3-5-9/h1-7,18H,8H2. The van der Waals surface area contributed by atoms with Crippen LogP contribution in [0, 0.1) is 0 Å². The maximum absolute atomic E-state index is 9.45. The van der Waals surface area contributed by atoms with Gasteiger partial charge in [-0.3, -0.25) is 0 Å². The molecule has 2 aromatic carbocycles. The predicted molar refractivity (Wildman–Crippen MR) is 78.2 cm³/mol. The molecule has 3 nitrogen and oxygen atoms in total. The van der Waals surface area contributed by atoms with E-state index in [1.807, 2.05) is 30.3 Å². The molecular weight excluding hydrogens is 299 g/mol. The SMILES string of the molecule is OCC1=C(c2ccccc2)Oc2cc(Cl)c(Cl)cc2O1. The third-order valence-electron chi connectivity index (χ3n) is 2.86. The van der Waals surface area contributed by atoms with E-state index in [-0.39, 0.29) is 6.61 Å². The van der Waals surface area contributed by atoms with Crippen molar-refractivity contribution in [1.82, 2.24) is 0 Å². The molecule has 0 aromatic heterocycles. The number of rotatable bonds is 2. The summed E-state index contributed by atoms with van der Waals surface area (Å²) < 4.78 is 11.5. The van der Waals surface area contributed by atoms with Crippen LogP contribution in [0.2, 0.25) is 10.0 Å².